The molecule has 0 spiro atoms. The largest absolute Gasteiger partial charge is 0.456 e. The number of hydrogen-bond acceptors (Lipinski definition) is 7. The molecule has 0 aliphatic carbocycles. The molecule has 2 aromatic carbocycles. The van der Waals surface area contributed by atoms with Crippen molar-refractivity contribution >= 4 is 23.5 Å². The molecule has 3 rings (SSSR count). The summed E-state index contributed by atoms with van der Waals surface area (Å²) in [5.74, 6) is -0.822. The molecular weight excluding hydrogens is 380 g/mol. The minimum absolute atomic E-state index is 0.142. The molecule has 1 aliphatic rings. The lowest BCUT2D eigenvalue weighted by Gasteiger charge is -2.22. The van der Waals surface area contributed by atoms with Gasteiger partial charge in [-0.05, 0) is 37.1 Å². The van der Waals surface area contributed by atoms with Crippen molar-refractivity contribution in [1.29, 1.82) is 0 Å². The van der Waals surface area contributed by atoms with Gasteiger partial charge in [0.1, 0.15) is 11.8 Å². The number of nitro groups is 1. The maximum absolute atomic E-state index is 12.4. The number of likely N-dealkylation sites (tertiary alicyclic amines) is 1. The van der Waals surface area contributed by atoms with Crippen molar-refractivity contribution in [3.05, 3.63) is 70.3 Å². The molecule has 1 aliphatic heterocycles. The Bertz CT molecular complexity index is 912. The highest BCUT2D eigenvalue weighted by molar-refractivity contribution is 5.98. The van der Waals surface area contributed by atoms with Gasteiger partial charge in [0.25, 0.3) is 5.69 Å². The number of para-hydroxylation sites is 1. The van der Waals surface area contributed by atoms with Gasteiger partial charge in [0.2, 0.25) is 0 Å². The molecule has 0 bridgehead atoms. The summed E-state index contributed by atoms with van der Waals surface area (Å²) < 4.78 is 10.3. The number of rotatable bonds is 6. The SMILES string of the molecule is O=C(COC(=O)[C@@H]1CCCN1C(=O)Oc1ccccc1)c1ccc([N+](=O)[O-])cc1. The van der Waals surface area contributed by atoms with Crippen molar-refractivity contribution < 1.29 is 28.8 Å². The number of amides is 1. The van der Waals surface area contributed by atoms with Crippen molar-refractivity contribution in [3.63, 3.8) is 0 Å². The number of ketones is 1. The second kappa shape index (κ2) is 8.96. The number of non-ortho nitro benzene ring substituents is 1. The summed E-state index contributed by atoms with van der Waals surface area (Å²) in [6, 6.07) is 12.7. The van der Waals surface area contributed by atoms with Gasteiger partial charge in [-0.2, -0.15) is 0 Å². The summed E-state index contributed by atoms with van der Waals surface area (Å²) in [5, 5.41) is 10.7. The number of Topliss-reactive ketones (excluding diaryl/α,β-unsaturated/α-hetero) is 1. The van der Waals surface area contributed by atoms with E-state index in [1.807, 2.05) is 0 Å². The van der Waals surface area contributed by atoms with Crippen LogP contribution < -0.4 is 4.74 Å². The quantitative estimate of drug-likeness (QED) is 0.318. The zero-order valence-corrected chi connectivity index (χ0v) is 15.4. The van der Waals surface area contributed by atoms with Crippen LogP contribution in [0.2, 0.25) is 0 Å². The highest BCUT2D eigenvalue weighted by atomic mass is 16.6. The third-order valence-electron chi connectivity index (χ3n) is 4.45. The van der Waals surface area contributed by atoms with Crippen molar-refractivity contribution in [2.75, 3.05) is 13.2 Å². The van der Waals surface area contributed by atoms with Crippen LogP contribution in [0.5, 0.6) is 5.75 Å². The van der Waals surface area contributed by atoms with E-state index in [2.05, 4.69) is 0 Å². The van der Waals surface area contributed by atoms with E-state index in [4.69, 9.17) is 9.47 Å². The molecule has 1 heterocycles. The number of nitrogens with zero attached hydrogens (tertiary/aromatic N) is 2. The molecule has 2 aromatic rings. The van der Waals surface area contributed by atoms with E-state index in [9.17, 15) is 24.5 Å². The average molecular weight is 398 g/mol. The Balaban J connectivity index is 1.55. The van der Waals surface area contributed by atoms with E-state index in [-0.39, 0.29) is 11.3 Å². The number of esters is 1. The summed E-state index contributed by atoms with van der Waals surface area (Å²) in [4.78, 5) is 48.2. The predicted octanol–water partition coefficient (Wildman–Crippen LogP) is 2.98. The predicted molar refractivity (Wildman–Crippen MR) is 101 cm³/mol. The molecule has 0 unspecified atom stereocenters. The summed E-state index contributed by atoms with van der Waals surface area (Å²) >= 11 is 0. The van der Waals surface area contributed by atoms with Crippen LogP contribution in [0, 0.1) is 10.1 Å². The second-order valence-corrected chi connectivity index (χ2v) is 6.37. The molecule has 150 valence electrons. The van der Waals surface area contributed by atoms with Gasteiger partial charge in [-0.1, -0.05) is 18.2 Å². The Hall–Kier alpha value is -3.75. The van der Waals surface area contributed by atoms with Gasteiger partial charge >= 0.3 is 12.1 Å². The van der Waals surface area contributed by atoms with Crippen LogP contribution in [-0.4, -0.2) is 46.9 Å². The van der Waals surface area contributed by atoms with E-state index in [0.29, 0.717) is 25.1 Å². The number of benzene rings is 2. The lowest BCUT2D eigenvalue weighted by Crippen LogP contribution is -2.43. The lowest BCUT2D eigenvalue weighted by atomic mass is 10.1. The van der Waals surface area contributed by atoms with Crippen LogP contribution >= 0.6 is 0 Å². The minimum atomic E-state index is -0.823. The molecule has 0 N–H and O–H groups in total. The normalized spacial score (nSPS) is 15.6. The zero-order chi connectivity index (χ0) is 20.8. The fourth-order valence-corrected chi connectivity index (χ4v) is 2.96. The average Bonchev–Trinajstić information content (AvgIpc) is 3.23. The smallest absolute Gasteiger partial charge is 0.415 e. The molecule has 1 fully saturated rings. The third-order valence-corrected chi connectivity index (χ3v) is 4.45. The van der Waals surface area contributed by atoms with E-state index >= 15 is 0 Å². The zero-order valence-electron chi connectivity index (χ0n) is 15.4. The van der Waals surface area contributed by atoms with Crippen molar-refractivity contribution in [2.45, 2.75) is 18.9 Å². The maximum Gasteiger partial charge on any atom is 0.415 e. The number of carbonyl (C=O) groups excluding carboxylic acids is 3. The van der Waals surface area contributed by atoms with Gasteiger partial charge in [0.15, 0.2) is 12.4 Å². The van der Waals surface area contributed by atoms with Crippen molar-refractivity contribution in [2.24, 2.45) is 0 Å². The lowest BCUT2D eigenvalue weighted by molar-refractivity contribution is -0.384. The van der Waals surface area contributed by atoms with Gasteiger partial charge in [0.05, 0.1) is 4.92 Å². The standard InChI is InChI=1S/C20H18N2O7/c23-18(14-8-10-15(11-9-14)22(26)27)13-28-19(24)17-7-4-12-21(17)20(25)29-16-5-2-1-3-6-16/h1-3,5-6,8-11,17H,4,7,12-13H2/t17-/m0/s1. The fraction of sp³-hybridized carbons (Fsp3) is 0.250. The highest BCUT2D eigenvalue weighted by Crippen LogP contribution is 2.21. The monoisotopic (exact) mass is 398 g/mol. The molecule has 1 amide bonds. The molecule has 0 aromatic heterocycles. The number of ether oxygens (including phenoxy) is 2. The van der Waals surface area contributed by atoms with E-state index < -0.39 is 35.4 Å². The summed E-state index contributed by atoms with van der Waals surface area (Å²) in [7, 11) is 0. The van der Waals surface area contributed by atoms with Gasteiger partial charge in [-0.3, -0.25) is 19.8 Å². The Morgan fingerprint density at radius 3 is 2.41 bits per heavy atom. The molecule has 9 heteroatoms. The van der Waals surface area contributed by atoms with Gasteiger partial charge < -0.3 is 9.47 Å². The first-order valence-corrected chi connectivity index (χ1v) is 8.93. The van der Waals surface area contributed by atoms with E-state index in [0.717, 1.165) is 0 Å². The van der Waals surface area contributed by atoms with Crippen LogP contribution in [0.4, 0.5) is 10.5 Å². The van der Waals surface area contributed by atoms with Crippen LogP contribution in [0.25, 0.3) is 0 Å². The Morgan fingerprint density at radius 2 is 1.76 bits per heavy atom. The molecule has 9 nitrogen and oxygen atoms in total. The molecule has 29 heavy (non-hydrogen) atoms. The van der Waals surface area contributed by atoms with Gasteiger partial charge in [-0.15, -0.1) is 0 Å². The first-order valence-electron chi connectivity index (χ1n) is 8.93. The topological polar surface area (TPSA) is 116 Å². The summed E-state index contributed by atoms with van der Waals surface area (Å²) in [6.07, 6.45) is 0.367. The van der Waals surface area contributed by atoms with Gasteiger partial charge in [0, 0.05) is 24.2 Å². The molecule has 1 saturated heterocycles. The molecule has 0 saturated carbocycles. The summed E-state index contributed by atoms with van der Waals surface area (Å²) in [5.41, 5.74) is 0.0484. The number of carbonyl (C=O) groups is 3. The summed E-state index contributed by atoms with van der Waals surface area (Å²) in [6.45, 7) is -0.170. The number of hydrogen-bond donors (Lipinski definition) is 0. The minimum Gasteiger partial charge on any atom is -0.456 e. The van der Waals surface area contributed by atoms with E-state index in [1.54, 1.807) is 30.3 Å². The Morgan fingerprint density at radius 1 is 1.07 bits per heavy atom. The molecule has 0 radical (unpaired) electrons. The van der Waals surface area contributed by atoms with Crippen molar-refractivity contribution in [1.82, 2.24) is 4.90 Å². The third kappa shape index (κ3) is 4.95. The maximum atomic E-state index is 12.4. The molecule has 1 atom stereocenters. The first-order chi connectivity index (χ1) is 14.0. The van der Waals surface area contributed by atoms with Crippen LogP contribution in [-0.2, 0) is 9.53 Å². The Kier molecular flexibility index (Phi) is 6.18. The van der Waals surface area contributed by atoms with Crippen LogP contribution in [0.15, 0.2) is 54.6 Å². The van der Waals surface area contributed by atoms with Crippen LogP contribution in [0.3, 0.4) is 0 Å². The first kappa shape index (κ1) is 20.0. The van der Waals surface area contributed by atoms with Gasteiger partial charge in [-0.25, -0.2) is 9.59 Å². The number of nitro benzene ring substituents is 1. The van der Waals surface area contributed by atoms with E-state index in [1.165, 1.54) is 29.2 Å². The molecular formula is C20H18N2O7. The van der Waals surface area contributed by atoms with Crippen LogP contribution in [0.1, 0.15) is 23.2 Å². The Labute approximate surface area is 166 Å². The van der Waals surface area contributed by atoms with Crippen molar-refractivity contribution in [3.8, 4) is 5.75 Å². The fourth-order valence-electron chi connectivity index (χ4n) is 2.96. The highest BCUT2D eigenvalue weighted by Gasteiger charge is 2.36. The second-order valence-electron chi connectivity index (χ2n) is 6.37.